The quantitative estimate of drug-likeness (QED) is 0.556. The van der Waals surface area contributed by atoms with Crippen LogP contribution in [0.15, 0.2) is 29.3 Å². The van der Waals surface area contributed by atoms with Gasteiger partial charge in [0.1, 0.15) is 17.4 Å². The predicted octanol–water partition coefficient (Wildman–Crippen LogP) is 3.78. The smallest absolute Gasteiger partial charge is 0.226 e. The van der Waals surface area contributed by atoms with E-state index in [4.69, 9.17) is 21.3 Å². The molecule has 1 aromatic carbocycles. The molecule has 7 rings (SSSR count). The number of fused-ring (bicyclic) bond motifs is 5. The zero-order chi connectivity index (χ0) is 22.8. The summed E-state index contributed by atoms with van der Waals surface area (Å²) in [6.45, 7) is 3.08. The number of hydrogen-bond donors (Lipinski definition) is 0. The average Bonchev–Trinajstić information content (AvgIpc) is 3.40. The first-order chi connectivity index (χ1) is 16.7. The Hall–Kier alpha value is -2.55. The summed E-state index contributed by atoms with van der Waals surface area (Å²) < 4.78 is 7.70. The molecule has 2 aromatic heterocycles. The highest BCUT2D eigenvalue weighted by Gasteiger charge is 2.40. The van der Waals surface area contributed by atoms with E-state index in [2.05, 4.69) is 14.8 Å². The standard InChI is InChI=1S/C25H24ClN5O2S/c26-18-4-2-1-3-16(18)22-21-17-11-15(24(32)30-7-9-33-10-8-30)12-19(17)34-25(21)31-20(13-27-22)28-29-23(31)14-5-6-14/h1-4,14-15H,5-13H2. The second-order valence-electron chi connectivity index (χ2n) is 9.46. The molecule has 2 aliphatic heterocycles. The minimum Gasteiger partial charge on any atom is -0.378 e. The lowest BCUT2D eigenvalue weighted by atomic mass is 9.97. The van der Waals surface area contributed by atoms with Gasteiger partial charge in [-0.15, -0.1) is 21.5 Å². The van der Waals surface area contributed by atoms with Crippen LogP contribution in [0.2, 0.25) is 5.02 Å². The van der Waals surface area contributed by atoms with Crippen molar-refractivity contribution in [2.45, 2.75) is 38.1 Å². The molecule has 1 atom stereocenters. The van der Waals surface area contributed by atoms with Gasteiger partial charge in [0.15, 0.2) is 5.82 Å². The summed E-state index contributed by atoms with van der Waals surface area (Å²) in [4.78, 5) is 21.6. The topological polar surface area (TPSA) is 72.6 Å². The molecule has 0 radical (unpaired) electrons. The molecule has 1 saturated carbocycles. The van der Waals surface area contributed by atoms with Gasteiger partial charge in [0.25, 0.3) is 0 Å². The van der Waals surface area contributed by atoms with Crippen LogP contribution in [0.5, 0.6) is 0 Å². The molecular formula is C25H24ClN5O2S. The first-order valence-corrected chi connectivity index (χ1v) is 13.1. The number of carbonyl (C=O) groups excluding carboxylic acids is 1. The molecule has 34 heavy (non-hydrogen) atoms. The SMILES string of the molecule is O=C(C1Cc2sc3c(c2C1)C(c1ccccc1Cl)=NCc1nnc(C2CC2)n1-3)N1CCOCC1. The molecule has 0 N–H and O–H groups in total. The van der Waals surface area contributed by atoms with Crippen LogP contribution in [0.25, 0.3) is 5.00 Å². The van der Waals surface area contributed by atoms with Crippen LogP contribution >= 0.6 is 22.9 Å². The Bertz CT molecular complexity index is 1340. The molecule has 2 aliphatic carbocycles. The normalized spacial score (nSPS) is 21.5. The van der Waals surface area contributed by atoms with E-state index in [0.717, 1.165) is 59.2 Å². The predicted molar refractivity (Wildman–Crippen MR) is 130 cm³/mol. The average molecular weight is 494 g/mol. The summed E-state index contributed by atoms with van der Waals surface area (Å²) >= 11 is 8.45. The Balaban J connectivity index is 1.34. The van der Waals surface area contributed by atoms with Crippen molar-refractivity contribution in [2.75, 3.05) is 26.3 Å². The van der Waals surface area contributed by atoms with Crippen LogP contribution < -0.4 is 0 Å². The third-order valence-corrected chi connectivity index (χ3v) is 8.84. The summed E-state index contributed by atoms with van der Waals surface area (Å²) in [5, 5.41) is 10.9. The summed E-state index contributed by atoms with van der Waals surface area (Å²) in [7, 11) is 0. The number of halogens is 1. The van der Waals surface area contributed by atoms with Gasteiger partial charge in [0, 0.05) is 46.0 Å². The maximum Gasteiger partial charge on any atom is 0.226 e. The monoisotopic (exact) mass is 493 g/mol. The van der Waals surface area contributed by atoms with Crippen molar-refractivity contribution < 1.29 is 9.53 Å². The molecule has 7 nitrogen and oxygen atoms in total. The maximum absolute atomic E-state index is 13.3. The van der Waals surface area contributed by atoms with Gasteiger partial charge in [-0.1, -0.05) is 29.8 Å². The van der Waals surface area contributed by atoms with Crippen molar-refractivity contribution in [3.63, 3.8) is 0 Å². The zero-order valence-corrected chi connectivity index (χ0v) is 20.2. The number of nitrogens with zero attached hydrogens (tertiary/aromatic N) is 5. The van der Waals surface area contributed by atoms with E-state index in [1.54, 1.807) is 11.3 Å². The number of hydrogen-bond acceptors (Lipinski definition) is 6. The largest absolute Gasteiger partial charge is 0.378 e. The fourth-order valence-corrected chi connectivity index (χ4v) is 7.06. The molecule has 0 spiro atoms. The lowest BCUT2D eigenvalue weighted by Gasteiger charge is -2.29. The third kappa shape index (κ3) is 3.26. The number of amides is 1. The van der Waals surface area contributed by atoms with Crippen molar-refractivity contribution in [3.8, 4) is 5.00 Å². The number of benzene rings is 1. The Morgan fingerprint density at radius 2 is 1.94 bits per heavy atom. The second kappa shape index (κ2) is 8.00. The van der Waals surface area contributed by atoms with E-state index in [0.29, 0.717) is 43.8 Å². The number of thiophene rings is 1. The Labute approximate surface area is 206 Å². The van der Waals surface area contributed by atoms with Crippen LogP contribution in [0.4, 0.5) is 0 Å². The number of aromatic nitrogens is 3. The zero-order valence-electron chi connectivity index (χ0n) is 18.7. The van der Waals surface area contributed by atoms with E-state index in [1.165, 1.54) is 10.4 Å². The second-order valence-corrected chi connectivity index (χ2v) is 10.9. The van der Waals surface area contributed by atoms with E-state index >= 15 is 0 Å². The van der Waals surface area contributed by atoms with Gasteiger partial charge in [-0.05, 0) is 37.3 Å². The molecule has 2 fully saturated rings. The lowest BCUT2D eigenvalue weighted by molar-refractivity contribution is -0.139. The Kier molecular flexibility index (Phi) is 4.89. The maximum atomic E-state index is 13.3. The fraction of sp³-hybridized carbons (Fsp3) is 0.440. The van der Waals surface area contributed by atoms with E-state index in [1.807, 2.05) is 29.2 Å². The van der Waals surface area contributed by atoms with E-state index < -0.39 is 0 Å². The molecule has 4 heterocycles. The van der Waals surface area contributed by atoms with Crippen molar-refractivity contribution >= 4 is 34.6 Å². The summed E-state index contributed by atoms with van der Waals surface area (Å²) in [6, 6.07) is 7.89. The molecule has 1 amide bonds. The highest BCUT2D eigenvalue weighted by Crippen LogP contribution is 2.47. The molecule has 3 aromatic rings. The van der Waals surface area contributed by atoms with E-state index in [-0.39, 0.29) is 11.8 Å². The fourth-order valence-electron chi connectivity index (χ4n) is 5.40. The summed E-state index contributed by atoms with van der Waals surface area (Å²) in [5.74, 6) is 2.62. The molecule has 0 bridgehead atoms. The number of aliphatic imine (C=N–C) groups is 1. The molecule has 1 unspecified atom stereocenters. The Morgan fingerprint density at radius 3 is 2.74 bits per heavy atom. The van der Waals surface area contributed by atoms with Crippen molar-refractivity contribution in [1.82, 2.24) is 19.7 Å². The third-order valence-electron chi connectivity index (χ3n) is 7.27. The molecular weight excluding hydrogens is 470 g/mol. The lowest BCUT2D eigenvalue weighted by Crippen LogP contribution is -2.44. The van der Waals surface area contributed by atoms with Crippen LogP contribution in [0, 0.1) is 5.92 Å². The molecule has 1 saturated heterocycles. The van der Waals surface area contributed by atoms with E-state index in [9.17, 15) is 4.79 Å². The van der Waals surface area contributed by atoms with Crippen LogP contribution in [0.1, 0.15) is 52.0 Å². The summed E-state index contributed by atoms with van der Waals surface area (Å²) in [5.41, 5.74) is 4.20. The van der Waals surface area contributed by atoms with Crippen molar-refractivity contribution in [2.24, 2.45) is 10.9 Å². The number of morpholine rings is 1. The van der Waals surface area contributed by atoms with Gasteiger partial charge in [-0.3, -0.25) is 14.4 Å². The number of ether oxygens (including phenoxy) is 1. The number of rotatable bonds is 3. The van der Waals surface area contributed by atoms with Crippen molar-refractivity contribution in [1.29, 1.82) is 0 Å². The summed E-state index contributed by atoms with van der Waals surface area (Å²) in [6.07, 6.45) is 3.83. The van der Waals surface area contributed by atoms with Gasteiger partial charge < -0.3 is 9.64 Å². The minimum atomic E-state index is -0.0244. The van der Waals surface area contributed by atoms with Gasteiger partial charge in [-0.25, -0.2) is 0 Å². The van der Waals surface area contributed by atoms with Crippen LogP contribution in [-0.2, 0) is 28.9 Å². The first kappa shape index (κ1) is 20.8. The minimum absolute atomic E-state index is 0.0244. The highest BCUT2D eigenvalue weighted by molar-refractivity contribution is 7.15. The van der Waals surface area contributed by atoms with Gasteiger partial charge in [0.2, 0.25) is 5.91 Å². The van der Waals surface area contributed by atoms with Gasteiger partial charge in [-0.2, -0.15) is 0 Å². The van der Waals surface area contributed by atoms with Crippen LogP contribution in [0.3, 0.4) is 0 Å². The van der Waals surface area contributed by atoms with Gasteiger partial charge >= 0.3 is 0 Å². The molecule has 4 aliphatic rings. The van der Waals surface area contributed by atoms with Gasteiger partial charge in [0.05, 0.1) is 18.9 Å². The first-order valence-electron chi connectivity index (χ1n) is 11.9. The number of carbonyl (C=O) groups is 1. The Morgan fingerprint density at radius 1 is 1.12 bits per heavy atom. The van der Waals surface area contributed by atoms with Crippen LogP contribution in [-0.4, -0.2) is 57.6 Å². The molecule has 9 heteroatoms. The molecule has 174 valence electrons. The highest BCUT2D eigenvalue weighted by atomic mass is 35.5. The van der Waals surface area contributed by atoms with Crippen molar-refractivity contribution in [3.05, 3.63) is 62.5 Å².